The molecule has 3 N–H and O–H groups in total. The molecule has 2 rings (SSSR count). The number of fused-ring (bicyclic) bond motifs is 1. The van der Waals surface area contributed by atoms with Crippen LogP contribution in [0.5, 0.6) is 5.75 Å². The summed E-state index contributed by atoms with van der Waals surface area (Å²) in [6.45, 7) is 1.86. The molecule has 1 aromatic rings. The van der Waals surface area contributed by atoms with Gasteiger partial charge in [-0.25, -0.2) is 0 Å². The van der Waals surface area contributed by atoms with Crippen LogP contribution < -0.4 is 10.1 Å². The summed E-state index contributed by atoms with van der Waals surface area (Å²) in [7, 11) is 1.67. The highest BCUT2D eigenvalue weighted by molar-refractivity contribution is 5.39. The normalized spacial score (nSPS) is 18.7. The molecule has 4 nitrogen and oxygen atoms in total. The van der Waals surface area contributed by atoms with E-state index in [0.29, 0.717) is 6.42 Å². The molecule has 0 aliphatic heterocycles. The summed E-state index contributed by atoms with van der Waals surface area (Å²) in [5, 5.41) is 22.7. The Bertz CT molecular complexity index is 435. The molecular formula is C16H25NO3. The molecule has 4 heteroatoms. The predicted octanol–water partition coefficient (Wildman–Crippen LogP) is 1.80. The van der Waals surface area contributed by atoms with Crippen LogP contribution in [0.3, 0.4) is 0 Å². The van der Waals surface area contributed by atoms with Crippen LogP contribution >= 0.6 is 0 Å². The van der Waals surface area contributed by atoms with E-state index in [-0.39, 0.29) is 19.3 Å². The van der Waals surface area contributed by atoms with E-state index in [1.54, 1.807) is 7.11 Å². The van der Waals surface area contributed by atoms with Crippen LogP contribution in [-0.2, 0) is 6.42 Å². The van der Waals surface area contributed by atoms with Gasteiger partial charge in [-0.3, -0.25) is 0 Å². The minimum absolute atomic E-state index is 0.0597. The standard InChI is InChI=1S/C16H25NO3/c1-3-16(10-18,11-19)17-15-6-4-5-12-7-8-13(20-2)9-14(12)15/h7-9,15,17-19H,3-6,10-11H2,1-2H3. The first-order valence-corrected chi connectivity index (χ1v) is 7.34. The number of rotatable bonds is 6. The van der Waals surface area contributed by atoms with E-state index in [1.807, 2.05) is 13.0 Å². The van der Waals surface area contributed by atoms with E-state index in [1.165, 1.54) is 11.1 Å². The molecule has 0 spiro atoms. The van der Waals surface area contributed by atoms with Gasteiger partial charge in [-0.05, 0) is 48.9 Å². The number of aliphatic hydroxyl groups excluding tert-OH is 2. The van der Waals surface area contributed by atoms with Crippen molar-refractivity contribution in [3.63, 3.8) is 0 Å². The fourth-order valence-electron chi connectivity index (χ4n) is 2.89. The number of aryl methyl sites for hydroxylation is 1. The molecule has 1 aliphatic rings. The average Bonchev–Trinajstić information content (AvgIpc) is 2.52. The maximum absolute atomic E-state index is 9.61. The second-order valence-corrected chi connectivity index (χ2v) is 5.60. The quantitative estimate of drug-likeness (QED) is 0.743. The van der Waals surface area contributed by atoms with Crippen LogP contribution in [0, 0.1) is 0 Å². The molecule has 1 aliphatic carbocycles. The number of aliphatic hydroxyl groups is 2. The van der Waals surface area contributed by atoms with Crippen molar-refractivity contribution in [2.75, 3.05) is 20.3 Å². The zero-order valence-electron chi connectivity index (χ0n) is 12.4. The molecule has 0 aromatic heterocycles. The zero-order valence-corrected chi connectivity index (χ0v) is 12.4. The molecule has 0 saturated carbocycles. The number of ether oxygens (including phenoxy) is 1. The van der Waals surface area contributed by atoms with Crippen molar-refractivity contribution in [2.45, 2.75) is 44.2 Å². The van der Waals surface area contributed by atoms with Crippen molar-refractivity contribution in [2.24, 2.45) is 0 Å². The third kappa shape index (κ3) is 2.97. The summed E-state index contributed by atoms with van der Waals surface area (Å²) in [5.74, 6) is 0.854. The number of methoxy groups -OCH3 is 1. The van der Waals surface area contributed by atoms with Gasteiger partial charge in [-0.2, -0.15) is 0 Å². The second-order valence-electron chi connectivity index (χ2n) is 5.60. The minimum atomic E-state index is -0.609. The average molecular weight is 279 g/mol. The van der Waals surface area contributed by atoms with Crippen molar-refractivity contribution in [3.05, 3.63) is 29.3 Å². The smallest absolute Gasteiger partial charge is 0.119 e. The van der Waals surface area contributed by atoms with Crippen molar-refractivity contribution in [1.82, 2.24) is 5.32 Å². The molecule has 0 saturated heterocycles. The highest BCUT2D eigenvalue weighted by Gasteiger charge is 2.32. The summed E-state index contributed by atoms with van der Waals surface area (Å²) in [5.41, 5.74) is 1.95. The third-order valence-electron chi connectivity index (χ3n) is 4.43. The van der Waals surface area contributed by atoms with Crippen molar-refractivity contribution in [3.8, 4) is 5.75 Å². The largest absolute Gasteiger partial charge is 0.497 e. The SMILES string of the molecule is CCC(CO)(CO)NC1CCCc2ccc(OC)cc21. The Morgan fingerprint density at radius 3 is 2.70 bits per heavy atom. The number of nitrogens with one attached hydrogen (secondary N) is 1. The summed E-state index contributed by atoms with van der Waals surface area (Å²) in [4.78, 5) is 0. The van der Waals surface area contributed by atoms with E-state index < -0.39 is 5.54 Å². The molecule has 1 aromatic carbocycles. The van der Waals surface area contributed by atoms with Gasteiger partial charge in [0.2, 0.25) is 0 Å². The molecular weight excluding hydrogens is 254 g/mol. The summed E-state index contributed by atoms with van der Waals surface area (Å²) < 4.78 is 5.31. The molecule has 0 heterocycles. The Hall–Kier alpha value is -1.10. The highest BCUT2D eigenvalue weighted by atomic mass is 16.5. The van der Waals surface area contributed by atoms with Gasteiger partial charge in [-0.15, -0.1) is 0 Å². The summed E-state index contributed by atoms with van der Waals surface area (Å²) in [6, 6.07) is 6.34. The van der Waals surface area contributed by atoms with Crippen molar-refractivity contribution in [1.29, 1.82) is 0 Å². The molecule has 0 bridgehead atoms. The van der Waals surface area contributed by atoms with Crippen LogP contribution in [0.4, 0.5) is 0 Å². The van der Waals surface area contributed by atoms with Crippen LogP contribution in [0.2, 0.25) is 0 Å². The van der Waals surface area contributed by atoms with Gasteiger partial charge < -0.3 is 20.3 Å². The molecule has 0 fully saturated rings. The number of hydrogen-bond donors (Lipinski definition) is 3. The van der Waals surface area contributed by atoms with E-state index >= 15 is 0 Å². The van der Waals surface area contributed by atoms with Crippen LogP contribution in [0.1, 0.15) is 43.4 Å². The van der Waals surface area contributed by atoms with Crippen LogP contribution in [0.25, 0.3) is 0 Å². The van der Waals surface area contributed by atoms with Crippen molar-refractivity contribution < 1.29 is 14.9 Å². The number of hydrogen-bond acceptors (Lipinski definition) is 4. The van der Waals surface area contributed by atoms with E-state index in [9.17, 15) is 10.2 Å². The van der Waals surface area contributed by atoms with Gasteiger partial charge in [0.1, 0.15) is 5.75 Å². The molecule has 1 unspecified atom stereocenters. The molecule has 0 amide bonds. The second kappa shape index (κ2) is 6.57. The van der Waals surface area contributed by atoms with Gasteiger partial charge in [0.05, 0.1) is 25.9 Å². The lowest BCUT2D eigenvalue weighted by Crippen LogP contribution is -2.53. The van der Waals surface area contributed by atoms with Gasteiger partial charge in [0, 0.05) is 6.04 Å². The van der Waals surface area contributed by atoms with Crippen LogP contribution in [-0.4, -0.2) is 36.1 Å². The maximum atomic E-state index is 9.61. The predicted molar refractivity (Wildman–Crippen MR) is 79.0 cm³/mol. The van der Waals surface area contributed by atoms with Gasteiger partial charge in [-0.1, -0.05) is 13.0 Å². The highest BCUT2D eigenvalue weighted by Crippen LogP contribution is 2.34. The maximum Gasteiger partial charge on any atom is 0.119 e. The fraction of sp³-hybridized carbons (Fsp3) is 0.625. The first-order chi connectivity index (χ1) is 9.68. The van der Waals surface area contributed by atoms with Crippen molar-refractivity contribution >= 4 is 0 Å². The topological polar surface area (TPSA) is 61.7 Å². The van der Waals surface area contributed by atoms with E-state index in [2.05, 4.69) is 17.4 Å². The Morgan fingerprint density at radius 1 is 1.35 bits per heavy atom. The summed E-state index contributed by atoms with van der Waals surface area (Å²) in [6.07, 6.45) is 3.90. The monoisotopic (exact) mass is 279 g/mol. The lowest BCUT2D eigenvalue weighted by Gasteiger charge is -2.37. The van der Waals surface area contributed by atoms with Gasteiger partial charge >= 0.3 is 0 Å². The zero-order chi connectivity index (χ0) is 14.6. The Kier molecular flexibility index (Phi) is 5.02. The van der Waals surface area contributed by atoms with Gasteiger partial charge in [0.15, 0.2) is 0 Å². The number of benzene rings is 1. The van der Waals surface area contributed by atoms with Gasteiger partial charge in [0.25, 0.3) is 0 Å². The molecule has 20 heavy (non-hydrogen) atoms. The first kappa shape index (κ1) is 15.3. The van der Waals surface area contributed by atoms with E-state index in [4.69, 9.17) is 4.74 Å². The Labute approximate surface area is 120 Å². The Balaban J connectivity index is 2.27. The lowest BCUT2D eigenvalue weighted by atomic mass is 9.85. The fourth-order valence-corrected chi connectivity index (χ4v) is 2.89. The third-order valence-corrected chi connectivity index (χ3v) is 4.43. The summed E-state index contributed by atoms with van der Waals surface area (Å²) >= 11 is 0. The molecule has 1 atom stereocenters. The lowest BCUT2D eigenvalue weighted by molar-refractivity contribution is 0.0751. The molecule has 0 radical (unpaired) electrons. The Morgan fingerprint density at radius 2 is 2.10 bits per heavy atom. The first-order valence-electron chi connectivity index (χ1n) is 7.34. The minimum Gasteiger partial charge on any atom is -0.497 e. The van der Waals surface area contributed by atoms with E-state index in [0.717, 1.165) is 25.0 Å². The molecule has 112 valence electrons. The van der Waals surface area contributed by atoms with Crippen LogP contribution in [0.15, 0.2) is 18.2 Å².